The highest BCUT2D eigenvalue weighted by Crippen LogP contribution is 2.27. The van der Waals surface area contributed by atoms with Crippen LogP contribution >= 0.6 is 23.2 Å². The summed E-state index contributed by atoms with van der Waals surface area (Å²) in [5.74, 6) is -0.333. The molecule has 3 nitrogen and oxygen atoms in total. The van der Waals surface area contributed by atoms with Gasteiger partial charge in [-0.1, -0.05) is 36.2 Å². The molecule has 0 aliphatic heterocycles. The quantitative estimate of drug-likeness (QED) is 0.923. The monoisotopic (exact) mass is 282 g/mol. The fourth-order valence-electron chi connectivity index (χ4n) is 1.22. The lowest BCUT2D eigenvalue weighted by atomic mass is 10.1. The first-order chi connectivity index (χ1) is 7.35. The maximum atomic E-state index is 11.3. The summed E-state index contributed by atoms with van der Waals surface area (Å²) in [7, 11) is -3.24. The molecule has 6 heteroatoms. The predicted octanol–water partition coefficient (Wildman–Crippen LogP) is 2.46. The first-order valence-electron chi connectivity index (χ1n) is 4.69. The van der Waals surface area contributed by atoms with Crippen LogP contribution in [0.4, 0.5) is 0 Å². The van der Waals surface area contributed by atoms with E-state index in [-0.39, 0.29) is 16.5 Å². The summed E-state index contributed by atoms with van der Waals surface area (Å²) < 4.78 is 22.7. The zero-order chi connectivity index (χ0) is 12.3. The van der Waals surface area contributed by atoms with Crippen molar-refractivity contribution in [2.75, 3.05) is 11.5 Å². The number of aliphatic hydroxyl groups excluding tert-OH is 1. The molecule has 90 valence electrons. The van der Waals surface area contributed by atoms with Crippen LogP contribution in [0.2, 0.25) is 10.0 Å². The van der Waals surface area contributed by atoms with E-state index in [1.165, 1.54) is 19.1 Å². The van der Waals surface area contributed by atoms with Gasteiger partial charge in [0.1, 0.15) is 0 Å². The first kappa shape index (κ1) is 13.8. The average molecular weight is 283 g/mol. The lowest BCUT2D eigenvalue weighted by molar-refractivity contribution is 0.202. The SMILES string of the molecule is CCS(=O)(=O)C[C@@H](O)c1ccc(Cl)cc1Cl. The molecule has 0 unspecified atom stereocenters. The highest BCUT2D eigenvalue weighted by atomic mass is 35.5. The maximum Gasteiger partial charge on any atom is 0.152 e. The van der Waals surface area contributed by atoms with E-state index in [0.29, 0.717) is 10.6 Å². The standard InChI is InChI=1S/C10H12Cl2O3S/c1-2-16(14,15)6-10(13)8-4-3-7(11)5-9(8)12/h3-5,10,13H,2,6H2,1H3/t10-/m1/s1. The van der Waals surface area contributed by atoms with Crippen molar-refractivity contribution in [2.45, 2.75) is 13.0 Å². The minimum Gasteiger partial charge on any atom is -0.387 e. The van der Waals surface area contributed by atoms with Crippen LogP contribution in [0, 0.1) is 0 Å². The normalized spacial score (nSPS) is 13.8. The molecule has 0 aromatic heterocycles. The first-order valence-corrected chi connectivity index (χ1v) is 7.27. The summed E-state index contributed by atoms with van der Waals surface area (Å²) in [6, 6.07) is 4.56. The Labute approximate surface area is 105 Å². The van der Waals surface area contributed by atoms with E-state index < -0.39 is 15.9 Å². The predicted molar refractivity (Wildman–Crippen MR) is 65.7 cm³/mol. The average Bonchev–Trinajstić information content (AvgIpc) is 2.16. The second-order valence-electron chi connectivity index (χ2n) is 3.38. The molecule has 0 amide bonds. The largest absolute Gasteiger partial charge is 0.387 e. The zero-order valence-electron chi connectivity index (χ0n) is 8.65. The third kappa shape index (κ3) is 3.63. The van der Waals surface area contributed by atoms with Crippen LogP contribution in [0.25, 0.3) is 0 Å². The van der Waals surface area contributed by atoms with Crippen molar-refractivity contribution in [2.24, 2.45) is 0 Å². The molecular formula is C10H12Cl2O3S. The van der Waals surface area contributed by atoms with Crippen LogP contribution in [-0.4, -0.2) is 25.0 Å². The van der Waals surface area contributed by atoms with Crippen LogP contribution in [-0.2, 0) is 9.84 Å². The fraction of sp³-hybridized carbons (Fsp3) is 0.400. The Morgan fingerprint density at radius 2 is 2.00 bits per heavy atom. The minimum absolute atomic E-state index is 0.00469. The number of benzene rings is 1. The van der Waals surface area contributed by atoms with E-state index >= 15 is 0 Å². The van der Waals surface area contributed by atoms with Gasteiger partial charge >= 0.3 is 0 Å². The molecule has 0 saturated carbocycles. The molecule has 0 saturated heterocycles. The van der Waals surface area contributed by atoms with E-state index in [1.807, 2.05) is 0 Å². The lowest BCUT2D eigenvalue weighted by Gasteiger charge is -2.12. The van der Waals surface area contributed by atoms with Crippen LogP contribution < -0.4 is 0 Å². The van der Waals surface area contributed by atoms with Crippen LogP contribution in [0.5, 0.6) is 0 Å². The number of rotatable bonds is 4. The molecular weight excluding hydrogens is 271 g/mol. The second-order valence-corrected chi connectivity index (χ2v) is 6.62. The third-order valence-electron chi connectivity index (χ3n) is 2.17. The Morgan fingerprint density at radius 3 is 2.50 bits per heavy atom. The van der Waals surface area contributed by atoms with Gasteiger partial charge in [0, 0.05) is 21.4 Å². The van der Waals surface area contributed by atoms with E-state index in [2.05, 4.69) is 0 Å². The van der Waals surface area contributed by atoms with Crippen molar-refractivity contribution in [3.63, 3.8) is 0 Å². The van der Waals surface area contributed by atoms with Crippen molar-refractivity contribution in [1.29, 1.82) is 0 Å². The third-order valence-corrected chi connectivity index (χ3v) is 4.44. The summed E-state index contributed by atoms with van der Waals surface area (Å²) in [6.07, 6.45) is -1.12. The van der Waals surface area contributed by atoms with Crippen molar-refractivity contribution < 1.29 is 13.5 Å². The van der Waals surface area contributed by atoms with E-state index in [0.717, 1.165) is 0 Å². The molecule has 0 bridgehead atoms. The summed E-state index contributed by atoms with van der Waals surface area (Å²) in [5.41, 5.74) is 0.378. The van der Waals surface area contributed by atoms with Gasteiger partial charge in [0.25, 0.3) is 0 Å². The summed E-state index contributed by atoms with van der Waals surface area (Å²) in [4.78, 5) is 0. The molecule has 0 aliphatic carbocycles. The van der Waals surface area contributed by atoms with Crippen molar-refractivity contribution in [1.82, 2.24) is 0 Å². The van der Waals surface area contributed by atoms with Gasteiger partial charge in [-0.2, -0.15) is 0 Å². The van der Waals surface area contributed by atoms with Gasteiger partial charge in [-0.05, 0) is 12.1 Å². The van der Waals surface area contributed by atoms with Crippen molar-refractivity contribution in [3.8, 4) is 0 Å². The molecule has 1 N–H and O–H groups in total. The molecule has 1 aromatic carbocycles. The molecule has 0 heterocycles. The number of hydrogen-bond donors (Lipinski definition) is 1. The fourth-order valence-corrected chi connectivity index (χ4v) is 2.65. The van der Waals surface area contributed by atoms with Crippen LogP contribution in [0.15, 0.2) is 18.2 Å². The summed E-state index contributed by atoms with van der Waals surface area (Å²) >= 11 is 11.6. The Hall–Kier alpha value is -0.290. The number of hydrogen-bond acceptors (Lipinski definition) is 3. The topological polar surface area (TPSA) is 54.4 Å². The van der Waals surface area contributed by atoms with Gasteiger partial charge in [0.05, 0.1) is 11.9 Å². The Balaban J connectivity index is 2.93. The number of sulfone groups is 1. The van der Waals surface area contributed by atoms with Gasteiger partial charge in [0.2, 0.25) is 0 Å². The van der Waals surface area contributed by atoms with Gasteiger partial charge < -0.3 is 5.11 Å². The highest BCUT2D eigenvalue weighted by molar-refractivity contribution is 7.91. The zero-order valence-corrected chi connectivity index (χ0v) is 11.0. The minimum atomic E-state index is -3.24. The molecule has 16 heavy (non-hydrogen) atoms. The molecule has 1 rings (SSSR count). The number of aliphatic hydroxyl groups is 1. The number of halogens is 2. The van der Waals surface area contributed by atoms with E-state index in [4.69, 9.17) is 23.2 Å². The van der Waals surface area contributed by atoms with E-state index in [9.17, 15) is 13.5 Å². The van der Waals surface area contributed by atoms with Gasteiger partial charge in [0.15, 0.2) is 9.84 Å². The molecule has 0 radical (unpaired) electrons. The smallest absolute Gasteiger partial charge is 0.152 e. The Morgan fingerprint density at radius 1 is 1.38 bits per heavy atom. The van der Waals surface area contributed by atoms with Crippen LogP contribution in [0.1, 0.15) is 18.6 Å². The molecule has 1 atom stereocenters. The van der Waals surface area contributed by atoms with E-state index in [1.54, 1.807) is 6.07 Å². The second kappa shape index (κ2) is 5.36. The molecule has 0 spiro atoms. The summed E-state index contributed by atoms with van der Waals surface area (Å²) in [6.45, 7) is 1.53. The highest BCUT2D eigenvalue weighted by Gasteiger charge is 2.19. The van der Waals surface area contributed by atoms with Crippen molar-refractivity contribution >= 4 is 33.0 Å². The van der Waals surface area contributed by atoms with Crippen LogP contribution in [0.3, 0.4) is 0 Å². The van der Waals surface area contributed by atoms with Gasteiger partial charge in [-0.15, -0.1) is 0 Å². The molecule has 0 aliphatic rings. The Bertz CT molecular complexity index is 471. The van der Waals surface area contributed by atoms with Crippen molar-refractivity contribution in [3.05, 3.63) is 33.8 Å². The lowest BCUT2D eigenvalue weighted by Crippen LogP contribution is -2.16. The molecule has 1 aromatic rings. The molecule has 0 fully saturated rings. The Kier molecular flexibility index (Phi) is 4.62. The summed E-state index contributed by atoms with van der Waals surface area (Å²) in [5, 5.41) is 10.5. The maximum absolute atomic E-state index is 11.3. The van der Waals surface area contributed by atoms with Gasteiger partial charge in [-0.3, -0.25) is 0 Å². The van der Waals surface area contributed by atoms with Gasteiger partial charge in [-0.25, -0.2) is 8.42 Å².